The summed E-state index contributed by atoms with van der Waals surface area (Å²) in [4.78, 5) is 39.4. The molecule has 0 fully saturated rings. The molecule has 9 heteroatoms. The van der Waals surface area contributed by atoms with Crippen LogP contribution < -0.4 is 14.8 Å². The molecule has 1 heterocycles. The van der Waals surface area contributed by atoms with Crippen LogP contribution in [0.3, 0.4) is 0 Å². The van der Waals surface area contributed by atoms with Crippen LogP contribution in [-0.2, 0) is 23.9 Å². The van der Waals surface area contributed by atoms with Gasteiger partial charge in [0.1, 0.15) is 5.92 Å². The molecule has 0 bridgehead atoms. The molecule has 0 aromatic heterocycles. The van der Waals surface area contributed by atoms with Crippen LogP contribution in [0.5, 0.6) is 17.2 Å². The summed E-state index contributed by atoms with van der Waals surface area (Å²) in [5.41, 5.74) is 2.20. The Morgan fingerprint density at radius 2 is 1.76 bits per heavy atom. The maximum atomic E-state index is 13.7. The van der Waals surface area contributed by atoms with E-state index in [1.807, 2.05) is 13.8 Å². The predicted octanol–water partition coefficient (Wildman–Crippen LogP) is 2.98. The van der Waals surface area contributed by atoms with Crippen molar-refractivity contribution in [2.45, 2.75) is 39.5 Å². The third-order valence-electron chi connectivity index (χ3n) is 6.24. The Bertz CT molecular complexity index is 1050. The number of ether oxygens (including phenoxy) is 4. The molecule has 1 aromatic carbocycles. The summed E-state index contributed by atoms with van der Waals surface area (Å²) in [6, 6.07) is 3.11. The maximum absolute atomic E-state index is 13.7. The predicted molar refractivity (Wildman–Crippen MR) is 122 cm³/mol. The molecule has 1 aliphatic carbocycles. The van der Waals surface area contributed by atoms with E-state index in [4.69, 9.17) is 18.9 Å². The molecule has 0 saturated carbocycles. The van der Waals surface area contributed by atoms with Crippen molar-refractivity contribution in [3.8, 4) is 17.2 Å². The quantitative estimate of drug-likeness (QED) is 0.455. The first-order valence-corrected chi connectivity index (χ1v) is 11.1. The van der Waals surface area contributed by atoms with Crippen molar-refractivity contribution in [3.63, 3.8) is 0 Å². The first-order valence-electron chi connectivity index (χ1n) is 11.1. The van der Waals surface area contributed by atoms with Crippen LogP contribution in [-0.4, -0.2) is 50.8 Å². The van der Waals surface area contributed by atoms with Crippen molar-refractivity contribution in [2.75, 3.05) is 27.9 Å². The van der Waals surface area contributed by atoms with Crippen molar-refractivity contribution in [3.05, 3.63) is 40.2 Å². The first kappa shape index (κ1) is 25.1. The van der Waals surface area contributed by atoms with Crippen molar-refractivity contribution in [2.24, 2.45) is 11.8 Å². The number of hydrogen-bond donors (Lipinski definition) is 2. The number of dihydropyridines is 1. The van der Waals surface area contributed by atoms with Crippen LogP contribution in [0.25, 0.3) is 0 Å². The summed E-state index contributed by atoms with van der Waals surface area (Å²) in [6.07, 6.45) is 1.05. The standard InChI is InChI=1S/C25H31NO8/c1-7-8-34-25(30)19-13(3)26-15-9-12(2)18(24(29)33-6)23(28)21(15)20(19)14-10-16(31-4)22(27)17(11-14)32-5/h10-12,18,20,26-27H,7-9H2,1-6H3/t12-,18-,20+/m1/s1. The number of methoxy groups -OCH3 is 3. The lowest BCUT2D eigenvalue weighted by atomic mass is 9.69. The number of esters is 2. The van der Waals surface area contributed by atoms with Gasteiger partial charge in [0.25, 0.3) is 0 Å². The Balaban J connectivity index is 2.26. The number of hydrogen-bond acceptors (Lipinski definition) is 9. The van der Waals surface area contributed by atoms with Crippen LogP contribution in [0.1, 0.15) is 45.1 Å². The van der Waals surface area contributed by atoms with Gasteiger partial charge in [-0.25, -0.2) is 4.79 Å². The van der Waals surface area contributed by atoms with Crippen molar-refractivity contribution in [1.29, 1.82) is 0 Å². The molecule has 184 valence electrons. The molecular formula is C25H31NO8. The minimum atomic E-state index is -1.000. The van der Waals surface area contributed by atoms with E-state index >= 15 is 0 Å². The van der Waals surface area contributed by atoms with Crippen LogP contribution in [0, 0.1) is 11.8 Å². The number of phenols is 1. The lowest BCUT2D eigenvalue weighted by Crippen LogP contribution is -2.43. The van der Waals surface area contributed by atoms with E-state index in [0.717, 1.165) is 0 Å². The minimum Gasteiger partial charge on any atom is -0.502 e. The zero-order chi connectivity index (χ0) is 25.2. The Hall–Kier alpha value is -3.49. The van der Waals surface area contributed by atoms with Crippen molar-refractivity contribution >= 4 is 17.7 Å². The van der Waals surface area contributed by atoms with Gasteiger partial charge in [0, 0.05) is 22.9 Å². The normalized spacial score (nSPS) is 22.1. The largest absolute Gasteiger partial charge is 0.502 e. The van der Waals surface area contributed by atoms with Crippen LogP contribution in [0.2, 0.25) is 0 Å². The first-order chi connectivity index (χ1) is 16.2. The van der Waals surface area contributed by atoms with Gasteiger partial charge in [-0.2, -0.15) is 0 Å². The molecule has 0 unspecified atom stereocenters. The van der Waals surface area contributed by atoms with Gasteiger partial charge >= 0.3 is 11.9 Å². The molecule has 1 aromatic rings. The smallest absolute Gasteiger partial charge is 0.336 e. The van der Waals surface area contributed by atoms with Gasteiger partial charge in [-0.05, 0) is 43.4 Å². The number of Topliss-reactive ketones (excluding diaryl/α,β-unsaturated/α-hetero) is 1. The maximum Gasteiger partial charge on any atom is 0.336 e. The second-order valence-corrected chi connectivity index (χ2v) is 8.45. The summed E-state index contributed by atoms with van der Waals surface area (Å²) in [7, 11) is 4.03. The second-order valence-electron chi connectivity index (χ2n) is 8.45. The second kappa shape index (κ2) is 10.2. The lowest BCUT2D eigenvalue weighted by Gasteiger charge is -2.38. The van der Waals surface area contributed by atoms with Crippen LogP contribution in [0.4, 0.5) is 0 Å². The highest BCUT2D eigenvalue weighted by molar-refractivity contribution is 6.12. The molecule has 3 rings (SSSR count). The third kappa shape index (κ3) is 4.34. The van der Waals surface area contributed by atoms with Crippen LogP contribution >= 0.6 is 0 Å². The molecule has 2 aliphatic rings. The van der Waals surface area contributed by atoms with Gasteiger partial charge in [-0.3, -0.25) is 9.59 Å². The Labute approximate surface area is 198 Å². The van der Waals surface area contributed by atoms with E-state index in [1.165, 1.54) is 21.3 Å². The minimum absolute atomic E-state index is 0.120. The van der Waals surface area contributed by atoms with Crippen molar-refractivity contribution < 1.29 is 38.4 Å². The number of allylic oxidation sites excluding steroid dienone is 3. The molecule has 2 N–H and O–H groups in total. The summed E-state index contributed by atoms with van der Waals surface area (Å²) in [5.74, 6) is -3.74. The number of nitrogens with one attached hydrogen (secondary N) is 1. The lowest BCUT2D eigenvalue weighted by molar-refractivity contribution is -0.151. The van der Waals surface area contributed by atoms with Gasteiger partial charge in [0.2, 0.25) is 5.75 Å². The molecular weight excluding hydrogens is 442 g/mol. The fourth-order valence-electron chi connectivity index (χ4n) is 4.64. The third-order valence-corrected chi connectivity index (χ3v) is 6.24. The average Bonchev–Trinajstić information content (AvgIpc) is 2.81. The van der Waals surface area contributed by atoms with Gasteiger partial charge in [0.05, 0.1) is 33.5 Å². The van der Waals surface area contributed by atoms with Gasteiger partial charge < -0.3 is 29.4 Å². The average molecular weight is 474 g/mol. The molecule has 0 saturated heterocycles. The number of carbonyl (C=O) groups is 3. The van der Waals surface area contributed by atoms with E-state index in [0.29, 0.717) is 29.8 Å². The SMILES string of the molecule is CCCOC(=O)C1=C(C)NC2=C(C(=O)[C@H](C(=O)OC)[C@H](C)C2)[C@H]1c1cc(OC)c(O)c(OC)c1. The highest BCUT2D eigenvalue weighted by Gasteiger charge is 2.47. The van der Waals surface area contributed by atoms with E-state index in [1.54, 1.807) is 19.1 Å². The van der Waals surface area contributed by atoms with E-state index in [2.05, 4.69) is 5.32 Å². The summed E-state index contributed by atoms with van der Waals surface area (Å²) in [6.45, 7) is 5.66. The number of phenolic OH excluding ortho intramolecular Hbond substituents is 1. The molecule has 0 spiro atoms. The zero-order valence-electron chi connectivity index (χ0n) is 20.3. The molecule has 0 radical (unpaired) electrons. The number of ketones is 1. The Morgan fingerprint density at radius 3 is 2.29 bits per heavy atom. The number of carbonyl (C=O) groups excluding carboxylic acids is 3. The molecule has 0 amide bonds. The van der Waals surface area contributed by atoms with Gasteiger partial charge in [0.15, 0.2) is 17.3 Å². The fourth-order valence-corrected chi connectivity index (χ4v) is 4.64. The monoisotopic (exact) mass is 473 g/mol. The summed E-state index contributed by atoms with van der Waals surface area (Å²) < 4.78 is 21.0. The summed E-state index contributed by atoms with van der Waals surface area (Å²) in [5, 5.41) is 13.6. The topological polar surface area (TPSA) is 120 Å². The molecule has 9 nitrogen and oxygen atoms in total. The summed E-state index contributed by atoms with van der Waals surface area (Å²) >= 11 is 0. The number of rotatable bonds is 7. The van der Waals surface area contributed by atoms with Gasteiger partial charge in [-0.1, -0.05) is 13.8 Å². The van der Waals surface area contributed by atoms with Crippen molar-refractivity contribution in [1.82, 2.24) is 5.32 Å². The molecule has 1 aliphatic heterocycles. The van der Waals surface area contributed by atoms with E-state index < -0.39 is 29.6 Å². The fraction of sp³-hybridized carbons (Fsp3) is 0.480. The molecule has 3 atom stereocenters. The van der Waals surface area contributed by atoms with Gasteiger partial charge in [-0.15, -0.1) is 0 Å². The van der Waals surface area contributed by atoms with E-state index in [-0.39, 0.29) is 40.9 Å². The Kier molecular flexibility index (Phi) is 7.54. The van der Waals surface area contributed by atoms with E-state index in [9.17, 15) is 19.5 Å². The zero-order valence-corrected chi connectivity index (χ0v) is 20.3. The number of benzene rings is 1. The highest BCUT2D eigenvalue weighted by Crippen LogP contribution is 2.48. The van der Waals surface area contributed by atoms with Crippen LogP contribution in [0.15, 0.2) is 34.7 Å². The number of aromatic hydroxyl groups is 1. The molecule has 34 heavy (non-hydrogen) atoms. The highest BCUT2D eigenvalue weighted by atomic mass is 16.5. The Morgan fingerprint density at radius 1 is 1.15 bits per heavy atom.